The fraction of sp³-hybridized carbons (Fsp3) is 0.100. The second-order valence-electron chi connectivity index (χ2n) is 6.11. The molecule has 0 aliphatic heterocycles. The quantitative estimate of drug-likeness (QED) is 0.345. The Balaban J connectivity index is 1.36. The minimum Gasteiger partial charge on any atom is -0.484 e. The van der Waals surface area contributed by atoms with Gasteiger partial charge in [0, 0.05) is 15.4 Å². The van der Waals surface area contributed by atoms with Crippen LogP contribution in [0.4, 0.5) is 5.13 Å². The van der Waals surface area contributed by atoms with Gasteiger partial charge in [-0.05, 0) is 36.5 Å². The SMILES string of the molecule is O=C(Cn1nc(COc2ccccc2)oc1=S)Nc1nc(-c2ccc(Br)cc2)cs1. The number of hydrogen-bond donors (Lipinski definition) is 1. The lowest BCUT2D eigenvalue weighted by Gasteiger charge is -2.02. The summed E-state index contributed by atoms with van der Waals surface area (Å²) in [6.07, 6.45) is 0. The van der Waals surface area contributed by atoms with Crippen molar-refractivity contribution in [3.8, 4) is 17.0 Å². The van der Waals surface area contributed by atoms with Crippen LogP contribution in [0.3, 0.4) is 0 Å². The third-order valence-corrected chi connectivity index (χ3v) is 5.52. The van der Waals surface area contributed by atoms with Crippen LogP contribution in [0.15, 0.2) is 68.9 Å². The summed E-state index contributed by atoms with van der Waals surface area (Å²) in [4.78, 5) is 16.9. The molecule has 152 valence electrons. The van der Waals surface area contributed by atoms with E-state index in [1.165, 1.54) is 16.0 Å². The molecule has 10 heteroatoms. The smallest absolute Gasteiger partial charge is 0.287 e. The Labute approximate surface area is 189 Å². The third kappa shape index (κ3) is 5.21. The van der Waals surface area contributed by atoms with Crippen molar-refractivity contribution in [3.63, 3.8) is 0 Å². The summed E-state index contributed by atoms with van der Waals surface area (Å²) < 4.78 is 13.3. The lowest BCUT2D eigenvalue weighted by atomic mass is 10.2. The molecule has 0 aliphatic carbocycles. The van der Waals surface area contributed by atoms with Crippen molar-refractivity contribution in [2.45, 2.75) is 13.2 Å². The second kappa shape index (κ2) is 9.33. The number of para-hydroxylation sites is 1. The van der Waals surface area contributed by atoms with Gasteiger partial charge in [-0.3, -0.25) is 4.79 Å². The molecule has 0 atom stereocenters. The van der Waals surface area contributed by atoms with Gasteiger partial charge in [-0.2, -0.15) is 0 Å². The number of rotatable bonds is 7. The van der Waals surface area contributed by atoms with Crippen LogP contribution < -0.4 is 10.1 Å². The highest BCUT2D eigenvalue weighted by molar-refractivity contribution is 9.10. The monoisotopic (exact) mass is 502 g/mol. The standard InChI is InChI=1S/C20H15BrN4O3S2/c21-14-8-6-13(7-9-14)16-12-30-19(22-16)23-17(26)10-25-20(29)28-18(24-25)11-27-15-4-2-1-3-5-15/h1-9,12H,10-11H2,(H,22,23,26). The van der Waals surface area contributed by atoms with Crippen LogP contribution in [-0.4, -0.2) is 20.7 Å². The summed E-state index contributed by atoms with van der Waals surface area (Å²) in [5.74, 6) is 0.686. The van der Waals surface area contributed by atoms with Crippen LogP contribution in [0.5, 0.6) is 5.75 Å². The van der Waals surface area contributed by atoms with Crippen molar-refractivity contribution in [1.29, 1.82) is 0 Å². The molecule has 2 aromatic heterocycles. The number of carbonyl (C=O) groups excluding carboxylic acids is 1. The Bertz CT molecular complexity index is 1200. The molecule has 0 saturated heterocycles. The van der Waals surface area contributed by atoms with Crippen LogP contribution in [0.2, 0.25) is 0 Å². The van der Waals surface area contributed by atoms with Crippen molar-refractivity contribution in [3.05, 3.63) is 75.2 Å². The first-order chi connectivity index (χ1) is 14.6. The van der Waals surface area contributed by atoms with E-state index in [1.807, 2.05) is 60.0 Å². The molecule has 0 fully saturated rings. The molecule has 1 N–H and O–H groups in total. The first-order valence-corrected chi connectivity index (χ1v) is 10.9. The Morgan fingerprint density at radius 2 is 1.97 bits per heavy atom. The van der Waals surface area contributed by atoms with Crippen molar-refractivity contribution >= 4 is 50.5 Å². The summed E-state index contributed by atoms with van der Waals surface area (Å²) >= 11 is 9.90. The number of thiazole rings is 1. The van der Waals surface area contributed by atoms with Gasteiger partial charge < -0.3 is 14.5 Å². The zero-order chi connectivity index (χ0) is 20.9. The molecule has 0 aliphatic rings. The largest absolute Gasteiger partial charge is 0.484 e. The number of amides is 1. The molecule has 0 spiro atoms. The van der Waals surface area contributed by atoms with Crippen molar-refractivity contribution in [2.24, 2.45) is 0 Å². The first kappa shape index (κ1) is 20.5. The molecule has 0 saturated carbocycles. The number of anilines is 1. The number of benzene rings is 2. The minimum atomic E-state index is -0.299. The van der Waals surface area contributed by atoms with Crippen molar-refractivity contribution in [1.82, 2.24) is 14.8 Å². The number of carbonyl (C=O) groups is 1. The van der Waals surface area contributed by atoms with E-state index >= 15 is 0 Å². The normalized spacial score (nSPS) is 10.7. The van der Waals surface area contributed by atoms with Gasteiger partial charge >= 0.3 is 0 Å². The Morgan fingerprint density at radius 3 is 2.73 bits per heavy atom. The summed E-state index contributed by atoms with van der Waals surface area (Å²) in [6.45, 7) is 0.0339. The van der Waals surface area contributed by atoms with Crippen LogP contribution in [-0.2, 0) is 17.9 Å². The van der Waals surface area contributed by atoms with Gasteiger partial charge in [-0.15, -0.1) is 16.4 Å². The molecule has 7 nitrogen and oxygen atoms in total. The molecular weight excluding hydrogens is 488 g/mol. The number of halogens is 1. The van der Waals surface area contributed by atoms with Gasteiger partial charge in [0.1, 0.15) is 12.3 Å². The number of nitrogens with one attached hydrogen (secondary N) is 1. The average Bonchev–Trinajstić information content (AvgIpc) is 3.34. The molecule has 4 rings (SSSR count). The van der Waals surface area contributed by atoms with Gasteiger partial charge in [0.15, 0.2) is 11.7 Å². The highest BCUT2D eigenvalue weighted by atomic mass is 79.9. The van der Waals surface area contributed by atoms with Crippen LogP contribution in [0, 0.1) is 4.84 Å². The fourth-order valence-electron chi connectivity index (χ4n) is 2.55. The maximum absolute atomic E-state index is 12.4. The highest BCUT2D eigenvalue weighted by Crippen LogP contribution is 2.26. The highest BCUT2D eigenvalue weighted by Gasteiger charge is 2.13. The lowest BCUT2D eigenvalue weighted by Crippen LogP contribution is -2.19. The van der Waals surface area contributed by atoms with E-state index in [0.717, 1.165) is 15.7 Å². The van der Waals surface area contributed by atoms with Crippen LogP contribution >= 0.6 is 39.5 Å². The lowest BCUT2D eigenvalue weighted by molar-refractivity contribution is -0.117. The summed E-state index contributed by atoms with van der Waals surface area (Å²) in [7, 11) is 0. The van der Waals surface area contributed by atoms with E-state index < -0.39 is 0 Å². The van der Waals surface area contributed by atoms with Gasteiger partial charge in [0.25, 0.3) is 10.7 Å². The molecular formula is C20H15BrN4O3S2. The predicted octanol–water partition coefficient (Wildman–Crippen LogP) is 5.31. The maximum Gasteiger partial charge on any atom is 0.287 e. The van der Waals surface area contributed by atoms with E-state index in [2.05, 4.69) is 31.3 Å². The number of ether oxygens (including phenoxy) is 1. The maximum atomic E-state index is 12.4. The summed E-state index contributed by atoms with van der Waals surface area (Å²) in [5.41, 5.74) is 1.76. The number of nitrogens with zero attached hydrogens (tertiary/aromatic N) is 3. The molecule has 2 heterocycles. The second-order valence-corrected chi connectivity index (χ2v) is 8.24. The third-order valence-electron chi connectivity index (χ3n) is 3.94. The minimum absolute atomic E-state index is 0.0825. The average molecular weight is 503 g/mol. The van der Waals surface area contributed by atoms with Crippen molar-refractivity contribution in [2.75, 3.05) is 5.32 Å². The van der Waals surface area contributed by atoms with Gasteiger partial charge in [0.05, 0.1) is 5.69 Å². The molecule has 0 radical (unpaired) electrons. The van der Waals surface area contributed by atoms with E-state index in [1.54, 1.807) is 0 Å². The van der Waals surface area contributed by atoms with Gasteiger partial charge in [0.2, 0.25) is 5.91 Å². The Hall–Kier alpha value is -2.82. The van der Waals surface area contributed by atoms with E-state index in [-0.39, 0.29) is 23.9 Å². The zero-order valence-electron chi connectivity index (χ0n) is 15.4. The zero-order valence-corrected chi connectivity index (χ0v) is 18.7. The molecule has 1 amide bonds. The molecule has 4 aromatic rings. The predicted molar refractivity (Wildman–Crippen MR) is 120 cm³/mol. The fourth-order valence-corrected chi connectivity index (χ4v) is 3.75. The van der Waals surface area contributed by atoms with E-state index in [9.17, 15) is 4.79 Å². The number of aromatic nitrogens is 3. The molecule has 0 unspecified atom stereocenters. The van der Waals surface area contributed by atoms with Gasteiger partial charge in [-0.1, -0.05) is 46.3 Å². The summed E-state index contributed by atoms with van der Waals surface area (Å²) in [5, 5.41) is 9.36. The van der Waals surface area contributed by atoms with E-state index in [0.29, 0.717) is 16.8 Å². The Kier molecular flexibility index (Phi) is 6.36. The van der Waals surface area contributed by atoms with Crippen LogP contribution in [0.25, 0.3) is 11.3 Å². The topological polar surface area (TPSA) is 82.2 Å². The van der Waals surface area contributed by atoms with E-state index in [4.69, 9.17) is 21.4 Å². The van der Waals surface area contributed by atoms with Gasteiger partial charge in [-0.25, -0.2) is 9.67 Å². The Morgan fingerprint density at radius 1 is 1.20 bits per heavy atom. The molecule has 2 aromatic carbocycles. The van der Waals surface area contributed by atoms with Crippen molar-refractivity contribution < 1.29 is 13.9 Å². The molecule has 30 heavy (non-hydrogen) atoms. The molecule has 0 bridgehead atoms. The van der Waals surface area contributed by atoms with Crippen LogP contribution in [0.1, 0.15) is 5.89 Å². The number of hydrogen-bond acceptors (Lipinski definition) is 7. The first-order valence-electron chi connectivity index (χ1n) is 8.83. The summed E-state index contributed by atoms with van der Waals surface area (Å²) in [6, 6.07) is 17.1.